The van der Waals surface area contributed by atoms with Gasteiger partial charge >= 0.3 is 0 Å². The highest BCUT2D eigenvalue weighted by Crippen LogP contribution is 2.12. The monoisotopic (exact) mass is 173 g/mol. The summed E-state index contributed by atoms with van der Waals surface area (Å²) in [4.78, 5) is 0. The van der Waals surface area contributed by atoms with Crippen LogP contribution in [0.2, 0.25) is 0 Å². The Hall–Kier alpha value is -0.820. The Bertz CT molecular complexity index is 303. The Kier molecular flexibility index (Phi) is 2.83. The number of hydrogen-bond donors (Lipinski definition) is 1. The van der Waals surface area contributed by atoms with Crippen LogP contribution in [0.5, 0.6) is 0 Å². The van der Waals surface area contributed by atoms with Crippen molar-refractivity contribution in [3.63, 3.8) is 0 Å². The van der Waals surface area contributed by atoms with E-state index in [-0.39, 0.29) is 0 Å². The van der Waals surface area contributed by atoms with Crippen LogP contribution >= 0.6 is 0 Å². The van der Waals surface area contributed by atoms with Crippen LogP contribution in [0.1, 0.15) is 13.8 Å². The summed E-state index contributed by atoms with van der Waals surface area (Å²) in [7, 11) is -3.15. The molecule has 0 amide bonds. The lowest BCUT2D eigenvalue weighted by molar-refractivity contribution is 0.581. The van der Waals surface area contributed by atoms with Crippen molar-refractivity contribution < 1.29 is 8.42 Å². The second kappa shape index (κ2) is 3.05. The van der Waals surface area contributed by atoms with Crippen molar-refractivity contribution in [1.82, 2.24) is 0 Å². The minimum Gasteiger partial charge on any atom is -0.300 e. The summed E-state index contributed by atoms with van der Waals surface area (Å²) in [5.41, 5.74) is 0. The Morgan fingerprint density at radius 2 is 1.91 bits per heavy atom. The molecule has 0 spiro atoms. The summed E-state index contributed by atoms with van der Waals surface area (Å²) < 4.78 is 20.9. The van der Waals surface area contributed by atoms with Crippen molar-refractivity contribution in [3.05, 3.63) is 0 Å². The van der Waals surface area contributed by atoms with Crippen LogP contribution in [-0.4, -0.2) is 25.6 Å². The maximum atomic E-state index is 11.0. The highest BCUT2D eigenvalue weighted by molar-refractivity contribution is 7.92. The number of rotatable bonds is 1. The van der Waals surface area contributed by atoms with Crippen LogP contribution in [0.15, 0.2) is 0 Å². The van der Waals surface area contributed by atoms with Crippen LogP contribution in [-0.2, 0) is 9.84 Å². The normalized spacial score (nSPS) is 11.5. The molecule has 4 heteroatoms. The minimum absolute atomic E-state index is 0.882. The first-order valence-electron chi connectivity index (χ1n) is 3.02. The molecule has 0 saturated carbocycles. The van der Waals surface area contributed by atoms with E-state index in [9.17, 15) is 8.42 Å². The summed E-state index contributed by atoms with van der Waals surface area (Å²) >= 11 is 0. The van der Waals surface area contributed by atoms with Gasteiger partial charge in [-0.05, 0) is 13.8 Å². The summed E-state index contributed by atoms with van der Waals surface area (Å²) in [6.07, 6.45) is 2.01. The van der Waals surface area contributed by atoms with Gasteiger partial charge in [0, 0.05) is 6.26 Å². The van der Waals surface area contributed by atoms with Crippen molar-refractivity contribution in [2.75, 3.05) is 6.26 Å². The first-order valence-corrected chi connectivity index (χ1v) is 4.91. The van der Waals surface area contributed by atoms with E-state index in [4.69, 9.17) is 5.41 Å². The molecule has 0 aromatic heterocycles. The minimum atomic E-state index is -3.15. The van der Waals surface area contributed by atoms with Gasteiger partial charge in [0.25, 0.3) is 0 Å². The van der Waals surface area contributed by atoms with Gasteiger partial charge in [-0.1, -0.05) is 11.8 Å². The topological polar surface area (TPSA) is 58.0 Å². The lowest BCUT2D eigenvalue weighted by Gasteiger charge is -2.13. The molecule has 0 aliphatic heterocycles. The number of sulfone groups is 1. The summed E-state index contributed by atoms with van der Waals surface area (Å²) in [6.45, 7) is 3.03. The fraction of sp³-hybridized carbons (Fsp3) is 0.571. The molecule has 0 aliphatic rings. The SMILES string of the molecule is CC(C)(C#CC=N)S(C)(=O)=O. The van der Waals surface area contributed by atoms with Gasteiger partial charge in [0.05, 0.1) is 6.21 Å². The third kappa shape index (κ3) is 2.72. The van der Waals surface area contributed by atoms with E-state index >= 15 is 0 Å². The molecule has 0 saturated heterocycles. The van der Waals surface area contributed by atoms with E-state index in [1.165, 1.54) is 13.8 Å². The molecular weight excluding hydrogens is 162 g/mol. The lowest BCUT2D eigenvalue weighted by atomic mass is 10.2. The Labute approximate surface area is 67.2 Å². The van der Waals surface area contributed by atoms with Crippen molar-refractivity contribution in [2.45, 2.75) is 18.6 Å². The lowest BCUT2D eigenvalue weighted by Crippen LogP contribution is -2.28. The van der Waals surface area contributed by atoms with Crippen LogP contribution in [0, 0.1) is 17.3 Å². The molecule has 0 aliphatic carbocycles. The zero-order valence-corrected chi connectivity index (χ0v) is 7.62. The molecule has 0 radical (unpaired) electrons. The molecule has 0 aromatic carbocycles. The second-order valence-electron chi connectivity index (χ2n) is 2.70. The van der Waals surface area contributed by atoms with Crippen LogP contribution in [0.4, 0.5) is 0 Å². The molecule has 0 atom stereocenters. The quantitative estimate of drug-likeness (QED) is 0.462. The largest absolute Gasteiger partial charge is 0.300 e. The van der Waals surface area contributed by atoms with Crippen LogP contribution < -0.4 is 0 Å². The molecule has 1 N–H and O–H groups in total. The fourth-order valence-electron chi connectivity index (χ4n) is 0.303. The predicted molar refractivity (Wildman–Crippen MR) is 45.5 cm³/mol. The molecule has 0 bridgehead atoms. The van der Waals surface area contributed by atoms with Crippen molar-refractivity contribution in [3.8, 4) is 11.8 Å². The van der Waals surface area contributed by atoms with Gasteiger partial charge in [-0.15, -0.1) is 0 Å². The van der Waals surface area contributed by atoms with Gasteiger partial charge in [0.15, 0.2) is 9.84 Å². The van der Waals surface area contributed by atoms with Gasteiger partial charge < -0.3 is 0 Å². The maximum absolute atomic E-state index is 11.0. The Morgan fingerprint density at radius 1 is 1.45 bits per heavy atom. The van der Waals surface area contributed by atoms with Crippen molar-refractivity contribution in [1.29, 1.82) is 5.41 Å². The van der Waals surface area contributed by atoms with Crippen molar-refractivity contribution >= 4 is 16.1 Å². The Balaban J connectivity index is 4.91. The van der Waals surface area contributed by atoms with Crippen LogP contribution in [0.3, 0.4) is 0 Å². The molecule has 0 unspecified atom stereocenters. The highest BCUT2D eigenvalue weighted by atomic mass is 32.2. The third-order valence-electron chi connectivity index (χ3n) is 1.37. The van der Waals surface area contributed by atoms with E-state index in [0.717, 1.165) is 12.5 Å². The first kappa shape index (κ1) is 10.2. The molecule has 0 rings (SSSR count). The fourth-order valence-corrected chi connectivity index (χ4v) is 0.547. The Morgan fingerprint density at radius 3 is 2.18 bits per heavy atom. The molecular formula is C7H11NO2S. The predicted octanol–water partition coefficient (Wildman–Crippen LogP) is 0.463. The molecule has 62 valence electrons. The maximum Gasteiger partial charge on any atom is 0.163 e. The average Bonchev–Trinajstić information content (AvgIpc) is 1.81. The first-order chi connectivity index (χ1) is 4.81. The molecule has 0 heterocycles. The summed E-state index contributed by atoms with van der Waals surface area (Å²) in [5, 5.41) is 6.59. The summed E-state index contributed by atoms with van der Waals surface area (Å²) in [6, 6.07) is 0. The van der Waals surface area contributed by atoms with Gasteiger partial charge in [0.1, 0.15) is 4.75 Å². The zero-order valence-electron chi connectivity index (χ0n) is 6.80. The number of nitrogens with one attached hydrogen (secondary N) is 1. The van der Waals surface area contributed by atoms with Crippen LogP contribution in [0.25, 0.3) is 0 Å². The number of hydrogen-bond acceptors (Lipinski definition) is 3. The molecule has 3 nitrogen and oxygen atoms in total. The van der Waals surface area contributed by atoms with E-state index in [1.807, 2.05) is 0 Å². The van der Waals surface area contributed by atoms with Gasteiger partial charge in [-0.2, -0.15) is 0 Å². The smallest absolute Gasteiger partial charge is 0.163 e. The molecule has 11 heavy (non-hydrogen) atoms. The van der Waals surface area contributed by atoms with E-state index in [2.05, 4.69) is 11.8 Å². The third-order valence-corrected chi connectivity index (χ3v) is 3.33. The van der Waals surface area contributed by atoms with Gasteiger partial charge in [-0.3, -0.25) is 5.41 Å². The zero-order chi connectivity index (χ0) is 9.12. The van der Waals surface area contributed by atoms with E-state index in [0.29, 0.717) is 0 Å². The standard InChI is InChI=1S/C7H11NO2S/c1-7(2,5-4-6-8)11(3,9)10/h6,8H,1-3H3. The van der Waals surface area contributed by atoms with Gasteiger partial charge in [0.2, 0.25) is 0 Å². The average molecular weight is 173 g/mol. The summed E-state index contributed by atoms with van der Waals surface area (Å²) in [5.74, 6) is 4.78. The molecule has 0 aromatic rings. The highest BCUT2D eigenvalue weighted by Gasteiger charge is 2.27. The van der Waals surface area contributed by atoms with E-state index < -0.39 is 14.6 Å². The second-order valence-corrected chi connectivity index (χ2v) is 5.26. The van der Waals surface area contributed by atoms with E-state index in [1.54, 1.807) is 0 Å². The molecule has 0 fully saturated rings. The van der Waals surface area contributed by atoms with Crippen molar-refractivity contribution in [2.24, 2.45) is 0 Å². The van der Waals surface area contributed by atoms with Gasteiger partial charge in [-0.25, -0.2) is 8.42 Å².